The van der Waals surface area contributed by atoms with Crippen LogP contribution in [0.25, 0.3) is 0 Å². The van der Waals surface area contributed by atoms with Gasteiger partial charge in [-0.1, -0.05) is 18.2 Å². The van der Waals surface area contributed by atoms with Crippen LogP contribution in [0.15, 0.2) is 65.4 Å². The van der Waals surface area contributed by atoms with Crippen LogP contribution in [0.2, 0.25) is 0 Å². The SMILES string of the molecule is CCN(c1ccccc1)c1nccc(N2CCN(C(=O)c3ccco3)CC2)n1. The fraction of sp³-hybridized carbons (Fsp3) is 0.286. The summed E-state index contributed by atoms with van der Waals surface area (Å²) in [5.74, 6) is 1.89. The summed E-state index contributed by atoms with van der Waals surface area (Å²) in [6, 6.07) is 15.5. The van der Waals surface area contributed by atoms with Gasteiger partial charge in [0.15, 0.2) is 5.76 Å². The molecule has 4 rings (SSSR count). The van der Waals surface area contributed by atoms with Crippen LogP contribution in [0.3, 0.4) is 0 Å². The zero-order chi connectivity index (χ0) is 19.3. The number of carbonyl (C=O) groups is 1. The monoisotopic (exact) mass is 377 g/mol. The molecule has 0 unspecified atom stereocenters. The lowest BCUT2D eigenvalue weighted by molar-refractivity contribution is 0.0714. The standard InChI is InChI=1S/C21H23N5O2/c1-2-26(17-7-4-3-5-8-17)21-22-11-10-19(23-21)24-12-14-25(15-13-24)20(27)18-9-6-16-28-18/h3-11,16H,2,12-15H2,1H3. The molecule has 28 heavy (non-hydrogen) atoms. The third kappa shape index (κ3) is 3.69. The first-order chi connectivity index (χ1) is 13.8. The maximum Gasteiger partial charge on any atom is 0.289 e. The normalized spacial score (nSPS) is 14.2. The highest BCUT2D eigenvalue weighted by molar-refractivity contribution is 5.91. The molecule has 1 aliphatic rings. The number of piperazine rings is 1. The first-order valence-corrected chi connectivity index (χ1v) is 9.49. The van der Waals surface area contributed by atoms with Crippen molar-refractivity contribution in [3.05, 3.63) is 66.8 Å². The summed E-state index contributed by atoms with van der Waals surface area (Å²) in [7, 11) is 0. The van der Waals surface area contributed by atoms with Crippen molar-refractivity contribution in [1.29, 1.82) is 0 Å². The minimum absolute atomic E-state index is 0.0609. The summed E-state index contributed by atoms with van der Waals surface area (Å²) in [5, 5.41) is 0. The van der Waals surface area contributed by atoms with Gasteiger partial charge in [-0.15, -0.1) is 0 Å². The Bertz CT molecular complexity index is 906. The van der Waals surface area contributed by atoms with E-state index in [-0.39, 0.29) is 5.91 Å². The predicted molar refractivity (Wildman–Crippen MR) is 108 cm³/mol. The Hall–Kier alpha value is -3.35. The number of hydrogen-bond acceptors (Lipinski definition) is 6. The third-order valence-electron chi connectivity index (χ3n) is 4.88. The molecule has 0 N–H and O–H groups in total. The number of hydrogen-bond donors (Lipinski definition) is 0. The molecule has 1 saturated heterocycles. The lowest BCUT2D eigenvalue weighted by atomic mass is 10.2. The van der Waals surface area contributed by atoms with Crippen molar-refractivity contribution in [3.63, 3.8) is 0 Å². The molecule has 1 aromatic carbocycles. The second-order valence-corrected chi connectivity index (χ2v) is 6.55. The lowest BCUT2D eigenvalue weighted by Crippen LogP contribution is -2.49. The summed E-state index contributed by atoms with van der Waals surface area (Å²) in [6.07, 6.45) is 3.32. The van der Waals surface area contributed by atoms with Gasteiger partial charge in [-0.3, -0.25) is 4.79 Å². The molecular formula is C21H23N5O2. The Morgan fingerprint density at radius 1 is 1.07 bits per heavy atom. The minimum atomic E-state index is -0.0609. The van der Waals surface area contributed by atoms with Gasteiger partial charge < -0.3 is 19.1 Å². The number of benzene rings is 1. The van der Waals surface area contributed by atoms with Crippen molar-refractivity contribution < 1.29 is 9.21 Å². The van der Waals surface area contributed by atoms with Gasteiger partial charge in [0.25, 0.3) is 5.91 Å². The third-order valence-corrected chi connectivity index (χ3v) is 4.88. The van der Waals surface area contributed by atoms with E-state index in [4.69, 9.17) is 9.40 Å². The Balaban J connectivity index is 1.46. The van der Waals surface area contributed by atoms with Gasteiger partial charge in [0.2, 0.25) is 5.95 Å². The number of rotatable bonds is 5. The topological polar surface area (TPSA) is 65.7 Å². The molecule has 3 aromatic rings. The van der Waals surface area contributed by atoms with Crippen LogP contribution in [0.4, 0.5) is 17.5 Å². The van der Waals surface area contributed by atoms with E-state index in [1.165, 1.54) is 6.26 Å². The second kappa shape index (κ2) is 8.12. The van der Waals surface area contributed by atoms with Gasteiger partial charge in [0.05, 0.1) is 6.26 Å². The molecule has 0 atom stereocenters. The van der Waals surface area contributed by atoms with Crippen LogP contribution in [-0.2, 0) is 0 Å². The second-order valence-electron chi connectivity index (χ2n) is 6.55. The molecule has 1 fully saturated rings. The van der Waals surface area contributed by atoms with E-state index in [0.29, 0.717) is 24.8 Å². The highest BCUT2D eigenvalue weighted by Crippen LogP contribution is 2.23. The first kappa shape index (κ1) is 18.0. The van der Waals surface area contributed by atoms with Crippen molar-refractivity contribution in [2.45, 2.75) is 6.92 Å². The van der Waals surface area contributed by atoms with E-state index in [1.807, 2.05) is 29.2 Å². The van der Waals surface area contributed by atoms with Crippen LogP contribution in [0.5, 0.6) is 0 Å². The Labute approximate surface area is 164 Å². The minimum Gasteiger partial charge on any atom is -0.459 e. The van der Waals surface area contributed by atoms with Gasteiger partial charge >= 0.3 is 0 Å². The fourth-order valence-corrected chi connectivity index (χ4v) is 3.39. The number of nitrogens with zero attached hydrogens (tertiary/aromatic N) is 5. The Morgan fingerprint density at radius 3 is 2.54 bits per heavy atom. The number of furan rings is 1. The number of amides is 1. The number of carbonyl (C=O) groups excluding carboxylic acids is 1. The van der Waals surface area contributed by atoms with Gasteiger partial charge in [-0.2, -0.15) is 4.98 Å². The van der Waals surface area contributed by atoms with Crippen molar-refractivity contribution in [3.8, 4) is 0 Å². The summed E-state index contributed by atoms with van der Waals surface area (Å²) >= 11 is 0. The molecule has 1 aliphatic heterocycles. The van der Waals surface area contributed by atoms with Crippen LogP contribution < -0.4 is 9.80 Å². The summed E-state index contributed by atoms with van der Waals surface area (Å²) < 4.78 is 5.23. The Morgan fingerprint density at radius 2 is 1.86 bits per heavy atom. The predicted octanol–water partition coefficient (Wildman–Crippen LogP) is 3.19. The number of para-hydroxylation sites is 1. The van der Waals surface area contributed by atoms with Crippen molar-refractivity contribution >= 4 is 23.4 Å². The molecule has 7 heteroatoms. The molecule has 0 spiro atoms. The maximum absolute atomic E-state index is 12.4. The maximum atomic E-state index is 12.4. The average Bonchev–Trinajstić information content (AvgIpc) is 3.30. The van der Waals surface area contributed by atoms with Crippen LogP contribution in [-0.4, -0.2) is 53.5 Å². The van der Waals surface area contributed by atoms with Crippen LogP contribution in [0, 0.1) is 0 Å². The van der Waals surface area contributed by atoms with E-state index in [1.54, 1.807) is 18.3 Å². The zero-order valence-corrected chi connectivity index (χ0v) is 15.9. The van der Waals surface area contributed by atoms with Gasteiger partial charge in [0, 0.05) is 44.6 Å². The average molecular weight is 377 g/mol. The number of anilines is 3. The molecule has 0 radical (unpaired) electrons. The van der Waals surface area contributed by atoms with Crippen molar-refractivity contribution in [2.75, 3.05) is 42.5 Å². The Kier molecular flexibility index (Phi) is 5.23. The van der Waals surface area contributed by atoms with Gasteiger partial charge in [-0.25, -0.2) is 4.98 Å². The zero-order valence-electron chi connectivity index (χ0n) is 15.9. The summed E-state index contributed by atoms with van der Waals surface area (Å²) in [4.78, 5) is 27.8. The van der Waals surface area contributed by atoms with Crippen molar-refractivity contribution in [2.24, 2.45) is 0 Å². The molecule has 3 heterocycles. The molecule has 0 aliphatic carbocycles. The molecule has 144 valence electrons. The molecule has 0 saturated carbocycles. The highest BCUT2D eigenvalue weighted by Gasteiger charge is 2.24. The smallest absolute Gasteiger partial charge is 0.289 e. The summed E-state index contributed by atoms with van der Waals surface area (Å²) in [6.45, 7) is 5.58. The van der Waals surface area contributed by atoms with E-state index in [9.17, 15) is 4.79 Å². The lowest BCUT2D eigenvalue weighted by Gasteiger charge is -2.35. The van der Waals surface area contributed by atoms with Crippen LogP contribution in [0.1, 0.15) is 17.5 Å². The summed E-state index contributed by atoms with van der Waals surface area (Å²) in [5.41, 5.74) is 1.07. The largest absolute Gasteiger partial charge is 0.459 e. The quantitative estimate of drug-likeness (QED) is 0.680. The molecule has 7 nitrogen and oxygen atoms in total. The van der Waals surface area contributed by atoms with Crippen molar-refractivity contribution in [1.82, 2.24) is 14.9 Å². The molecular weight excluding hydrogens is 354 g/mol. The van der Waals surface area contributed by atoms with E-state index < -0.39 is 0 Å². The molecule has 2 aromatic heterocycles. The van der Waals surface area contributed by atoms with E-state index in [2.05, 4.69) is 33.8 Å². The molecule has 0 bridgehead atoms. The van der Waals surface area contributed by atoms with Gasteiger partial charge in [-0.05, 0) is 37.3 Å². The number of aromatic nitrogens is 2. The first-order valence-electron chi connectivity index (χ1n) is 9.49. The highest BCUT2D eigenvalue weighted by atomic mass is 16.3. The van der Waals surface area contributed by atoms with E-state index >= 15 is 0 Å². The van der Waals surface area contributed by atoms with E-state index in [0.717, 1.165) is 31.1 Å². The van der Waals surface area contributed by atoms with Crippen LogP contribution >= 0.6 is 0 Å². The molecule has 1 amide bonds. The fourth-order valence-electron chi connectivity index (χ4n) is 3.39. The van der Waals surface area contributed by atoms with Gasteiger partial charge in [0.1, 0.15) is 5.82 Å².